The molecule has 4 atom stereocenters. The molecule has 0 unspecified atom stereocenters. The number of nitrogens with one attached hydrogen (secondary N) is 3. The molecule has 0 spiro atoms. The number of thiazole rings is 2. The molecule has 428 valence electrons. The summed E-state index contributed by atoms with van der Waals surface area (Å²) >= 11 is 5.42. The quantitative estimate of drug-likeness (QED) is 0.0636. The van der Waals surface area contributed by atoms with Gasteiger partial charge in [-0.3, -0.25) is 9.80 Å². The Morgan fingerprint density at radius 2 is 1.12 bits per heavy atom. The van der Waals surface area contributed by atoms with Crippen molar-refractivity contribution in [3.05, 3.63) is 172 Å². The van der Waals surface area contributed by atoms with E-state index in [1.165, 1.54) is 48.0 Å². The Morgan fingerprint density at radius 1 is 0.617 bits per heavy atom. The Hall–Kier alpha value is -5.68. The van der Waals surface area contributed by atoms with Gasteiger partial charge in [0.15, 0.2) is 17.5 Å². The highest BCUT2D eigenvalue weighted by Crippen LogP contribution is 2.32. The average Bonchev–Trinajstić information content (AvgIpc) is 4.36. The lowest BCUT2D eigenvalue weighted by Gasteiger charge is -2.37. The molecule has 4 aromatic heterocycles. The SMILES string of the molecule is O=S(=O)(NCc1ccccc1-c1cncn1CCc1ccc(F)cc1)c1cnc(Br)s1.O=S(=O)(NCc1ccccc1-c1cncn1CCc1ccc(F)cc1)c1cnc(N2CCN3C[C@H](O)C[C@H]3C2)s1.O[C@@H]1C[C@H]2CNCCN2C1. The van der Waals surface area contributed by atoms with Crippen LogP contribution in [0.15, 0.2) is 147 Å². The minimum absolute atomic E-state index is 0.0649. The van der Waals surface area contributed by atoms with Crippen LogP contribution in [-0.4, -0.2) is 143 Å². The van der Waals surface area contributed by atoms with Crippen molar-refractivity contribution >= 4 is 63.8 Å². The van der Waals surface area contributed by atoms with Crippen LogP contribution in [0.25, 0.3) is 22.5 Å². The lowest BCUT2D eigenvalue weighted by Crippen LogP contribution is -2.50. The van der Waals surface area contributed by atoms with Gasteiger partial charge in [0.2, 0.25) is 0 Å². The number of anilines is 1. The largest absolute Gasteiger partial charge is 0.392 e. The Labute approximate surface area is 486 Å². The summed E-state index contributed by atoms with van der Waals surface area (Å²) in [5, 5.41) is 23.3. The van der Waals surface area contributed by atoms with Crippen molar-refractivity contribution < 1.29 is 35.8 Å². The molecule has 0 amide bonds. The fourth-order valence-corrected chi connectivity index (χ4v) is 15.7. The lowest BCUT2D eigenvalue weighted by atomic mass is 10.0. The van der Waals surface area contributed by atoms with E-state index in [-0.39, 0.29) is 51.4 Å². The highest BCUT2D eigenvalue weighted by atomic mass is 79.9. The molecular weight excluding hydrogens is 1180 g/mol. The first-order valence-corrected chi connectivity index (χ1v) is 32.1. The van der Waals surface area contributed by atoms with Crippen LogP contribution in [0.5, 0.6) is 0 Å². The van der Waals surface area contributed by atoms with Crippen LogP contribution in [0, 0.1) is 11.6 Å². The van der Waals surface area contributed by atoms with Gasteiger partial charge in [0, 0.05) is 102 Å². The Morgan fingerprint density at radius 3 is 1.65 bits per heavy atom. The minimum Gasteiger partial charge on any atom is -0.392 e. The molecule has 25 heteroatoms. The van der Waals surface area contributed by atoms with E-state index < -0.39 is 20.0 Å². The number of halogens is 3. The van der Waals surface area contributed by atoms with Gasteiger partial charge >= 0.3 is 0 Å². The van der Waals surface area contributed by atoms with Gasteiger partial charge in [-0.05, 0) is 88.1 Å². The first-order chi connectivity index (χ1) is 39.1. The van der Waals surface area contributed by atoms with Crippen molar-refractivity contribution in [2.45, 2.75) is 84.6 Å². The van der Waals surface area contributed by atoms with Crippen LogP contribution in [0.4, 0.5) is 13.9 Å². The van der Waals surface area contributed by atoms with Crippen LogP contribution >= 0.6 is 38.6 Å². The number of sulfonamides is 2. The van der Waals surface area contributed by atoms with E-state index in [2.05, 4.69) is 65.3 Å². The van der Waals surface area contributed by atoms with Crippen LogP contribution in [0.1, 0.15) is 35.1 Å². The van der Waals surface area contributed by atoms with E-state index in [0.29, 0.717) is 41.1 Å². The van der Waals surface area contributed by atoms with E-state index in [0.717, 1.165) is 121 Å². The summed E-state index contributed by atoms with van der Waals surface area (Å²) in [6.07, 6.45) is 12.6. The van der Waals surface area contributed by atoms with Crippen LogP contribution in [-0.2, 0) is 59.1 Å². The van der Waals surface area contributed by atoms with Gasteiger partial charge in [-0.15, -0.1) is 0 Å². The van der Waals surface area contributed by atoms with E-state index >= 15 is 0 Å². The second-order valence-corrected chi connectivity index (χ2v) is 27.6. The number of aromatic nitrogens is 6. The maximum Gasteiger partial charge on any atom is 0.252 e. The molecule has 4 aliphatic rings. The number of piperazine rings is 2. The third-order valence-corrected chi connectivity index (χ3v) is 21.1. The first kappa shape index (κ1) is 58.5. The fourth-order valence-electron chi connectivity index (χ4n) is 10.6. The summed E-state index contributed by atoms with van der Waals surface area (Å²) in [4.78, 5) is 23.8. The van der Waals surface area contributed by atoms with Crippen molar-refractivity contribution in [1.82, 2.24) is 53.6 Å². The molecule has 5 N–H and O–H groups in total. The molecule has 8 heterocycles. The molecule has 0 radical (unpaired) electrons. The summed E-state index contributed by atoms with van der Waals surface area (Å²) < 4.78 is 88.2. The number of nitrogens with zero attached hydrogens (tertiary/aromatic N) is 9. The van der Waals surface area contributed by atoms with Crippen molar-refractivity contribution in [1.29, 1.82) is 0 Å². The maximum absolute atomic E-state index is 13.3. The smallest absolute Gasteiger partial charge is 0.252 e. The molecular formula is C56H63BrF2N12O6S4. The second kappa shape index (κ2) is 26.7. The van der Waals surface area contributed by atoms with Crippen molar-refractivity contribution in [3.63, 3.8) is 0 Å². The third-order valence-electron chi connectivity index (χ3n) is 14.8. The fraction of sp³-hybridized carbons (Fsp3) is 0.357. The predicted octanol–water partition coefficient (Wildman–Crippen LogP) is 6.78. The Kier molecular flexibility index (Phi) is 19.3. The number of benzene rings is 4. The summed E-state index contributed by atoms with van der Waals surface area (Å²) in [5.74, 6) is -0.514. The number of rotatable bonds is 17. The van der Waals surface area contributed by atoms with Gasteiger partial charge in [0.25, 0.3) is 20.0 Å². The Bertz CT molecular complexity index is 3570. The molecule has 8 aromatic rings. The zero-order valence-electron chi connectivity index (χ0n) is 44.1. The van der Waals surface area contributed by atoms with E-state index in [1.807, 2.05) is 57.7 Å². The van der Waals surface area contributed by atoms with E-state index in [1.54, 1.807) is 49.3 Å². The normalized spacial score (nSPS) is 19.3. The van der Waals surface area contributed by atoms with Gasteiger partial charge in [0.05, 0.1) is 61.0 Å². The number of fused-ring (bicyclic) bond motifs is 2. The van der Waals surface area contributed by atoms with Crippen molar-refractivity contribution in [2.75, 3.05) is 57.3 Å². The summed E-state index contributed by atoms with van der Waals surface area (Å²) in [6, 6.07) is 29.1. The topological polar surface area (TPSA) is 216 Å². The molecule has 0 saturated carbocycles. The number of hydrogen-bond donors (Lipinski definition) is 5. The van der Waals surface area contributed by atoms with Gasteiger partial charge in [-0.1, -0.05) is 95.5 Å². The number of hydrogen-bond acceptors (Lipinski definition) is 16. The van der Waals surface area contributed by atoms with Crippen LogP contribution in [0.2, 0.25) is 0 Å². The molecule has 0 aliphatic carbocycles. The standard InChI is InChI=1S/C28H31FN6O3S2.C21H18BrFN4O2S2.C7H14N2O/c29-22-7-5-20(6-8-22)9-10-35-19-30-15-26(35)25-4-2-1-3-21(25)14-32-40(37,38)27-16-31-28(39-27)34-12-11-33-18-24(36)13-23(33)17-34;22-21-25-13-20(30-21)31(28,29)26-11-16-3-1-2-4-18(16)19-12-24-14-27(19)10-9-15-5-7-17(23)8-6-15;10-7-3-6-4-8-1-2-9(6)5-7/h1-8,15-16,19,23-24,32,36H,9-14,17-18H2;1-8,12-14,26H,9-11H2;6-8,10H,1-5H2/t23-,24+;;6-,7+/m0.0/s1. The highest BCUT2D eigenvalue weighted by molar-refractivity contribution is 9.11. The molecule has 12 rings (SSSR count). The van der Waals surface area contributed by atoms with Gasteiger partial charge < -0.3 is 29.6 Å². The number of aliphatic hydroxyl groups is 2. The molecule has 4 saturated heterocycles. The molecule has 4 aliphatic heterocycles. The van der Waals surface area contributed by atoms with Crippen molar-refractivity contribution in [3.8, 4) is 22.5 Å². The van der Waals surface area contributed by atoms with Crippen LogP contribution < -0.4 is 19.7 Å². The van der Waals surface area contributed by atoms with Gasteiger partial charge in [0.1, 0.15) is 11.6 Å². The second-order valence-electron chi connectivity index (χ2n) is 20.3. The molecule has 0 bridgehead atoms. The number of imidazole rings is 2. The average molecular weight is 1250 g/mol. The first-order valence-electron chi connectivity index (χ1n) is 26.7. The lowest BCUT2D eigenvalue weighted by molar-refractivity contribution is 0.170. The van der Waals surface area contributed by atoms with Gasteiger partial charge in [-0.25, -0.2) is 55.0 Å². The summed E-state index contributed by atoms with van der Waals surface area (Å²) in [7, 11) is -7.43. The summed E-state index contributed by atoms with van der Waals surface area (Å²) in [5.41, 5.74) is 7.27. The van der Waals surface area contributed by atoms with Gasteiger partial charge in [-0.2, -0.15) is 0 Å². The van der Waals surface area contributed by atoms with E-state index in [4.69, 9.17) is 0 Å². The zero-order valence-corrected chi connectivity index (χ0v) is 49.0. The minimum atomic E-state index is -3.77. The monoisotopic (exact) mass is 1240 g/mol. The molecule has 4 fully saturated rings. The van der Waals surface area contributed by atoms with Crippen molar-refractivity contribution in [2.24, 2.45) is 0 Å². The third kappa shape index (κ3) is 15.1. The molecule has 4 aromatic carbocycles. The molecule has 18 nitrogen and oxygen atoms in total. The predicted molar refractivity (Wildman–Crippen MR) is 313 cm³/mol. The summed E-state index contributed by atoms with van der Waals surface area (Å²) in [6.45, 7) is 8.76. The highest BCUT2D eigenvalue weighted by Gasteiger charge is 2.36. The number of aliphatic hydroxyl groups excluding tert-OH is 2. The van der Waals surface area contributed by atoms with Crippen LogP contribution in [0.3, 0.4) is 0 Å². The molecule has 81 heavy (non-hydrogen) atoms. The van der Waals surface area contributed by atoms with E-state index in [9.17, 15) is 35.8 Å². The zero-order chi connectivity index (χ0) is 56.5. The maximum atomic E-state index is 13.3. The Balaban J connectivity index is 0.000000158. The number of aryl methyl sites for hydroxylation is 4.